The number of carbonyl (C=O) groups is 1. The third kappa shape index (κ3) is 0.924. The molecule has 0 aromatic rings. The summed E-state index contributed by atoms with van der Waals surface area (Å²) in [5, 5.41) is 9.84. The van der Waals surface area contributed by atoms with Crippen molar-refractivity contribution in [1.82, 2.24) is 0 Å². The molecule has 0 aromatic heterocycles. The van der Waals surface area contributed by atoms with Crippen LogP contribution in [0, 0.1) is 5.41 Å². The van der Waals surface area contributed by atoms with Gasteiger partial charge in [0.25, 0.3) is 0 Å². The number of ketones is 1. The number of hydrogen-bond donors (Lipinski definition) is 1. The first-order chi connectivity index (χ1) is 5.04. The van der Waals surface area contributed by atoms with Gasteiger partial charge in [0.2, 0.25) is 0 Å². The zero-order valence-electron chi connectivity index (χ0n) is 6.89. The molecule has 2 nitrogen and oxygen atoms in total. The van der Waals surface area contributed by atoms with Crippen molar-refractivity contribution in [3.63, 3.8) is 0 Å². The number of Topliss-reactive ketones (excluding diaryl/α,β-unsaturated/α-hetero) is 1. The molecule has 0 aliphatic heterocycles. The van der Waals surface area contributed by atoms with Gasteiger partial charge in [0.1, 0.15) is 5.78 Å². The molecule has 0 radical (unpaired) electrons. The van der Waals surface area contributed by atoms with Gasteiger partial charge in [-0.1, -0.05) is 6.92 Å². The summed E-state index contributed by atoms with van der Waals surface area (Å²) in [6, 6.07) is 0. The first-order valence-electron chi connectivity index (χ1n) is 4.30. The van der Waals surface area contributed by atoms with Crippen LogP contribution >= 0.6 is 0 Å². The Labute approximate surface area is 66.6 Å². The second-order valence-electron chi connectivity index (χ2n) is 4.42. The number of fused-ring (bicyclic) bond motifs is 2. The third-order valence-corrected chi connectivity index (χ3v) is 3.25. The molecule has 0 saturated heterocycles. The number of aliphatic hydroxyl groups is 1. The highest BCUT2D eigenvalue weighted by Crippen LogP contribution is 2.50. The van der Waals surface area contributed by atoms with Crippen LogP contribution in [0.5, 0.6) is 0 Å². The second-order valence-corrected chi connectivity index (χ2v) is 4.42. The van der Waals surface area contributed by atoms with Crippen LogP contribution in [-0.2, 0) is 4.79 Å². The Bertz CT molecular complexity index is 212. The van der Waals surface area contributed by atoms with E-state index in [2.05, 4.69) is 0 Å². The van der Waals surface area contributed by atoms with E-state index in [-0.39, 0.29) is 11.2 Å². The summed E-state index contributed by atoms with van der Waals surface area (Å²) in [6.45, 7) is 1.99. The maximum Gasteiger partial charge on any atom is 0.141 e. The fourth-order valence-corrected chi connectivity index (χ4v) is 2.61. The lowest BCUT2D eigenvalue weighted by Crippen LogP contribution is -2.31. The normalized spacial score (nSPS) is 49.8. The molecule has 2 aliphatic carbocycles. The molecule has 1 N–H and O–H groups in total. The largest absolute Gasteiger partial charge is 0.389 e. The van der Waals surface area contributed by atoms with E-state index in [0.29, 0.717) is 12.8 Å². The average Bonchev–Trinajstić information content (AvgIpc) is 1.99. The van der Waals surface area contributed by atoms with Crippen molar-refractivity contribution in [2.75, 3.05) is 0 Å². The molecule has 0 heterocycles. The third-order valence-electron chi connectivity index (χ3n) is 3.25. The predicted molar refractivity (Wildman–Crippen MR) is 41.1 cm³/mol. The minimum Gasteiger partial charge on any atom is -0.389 e. The molecule has 2 rings (SSSR count). The first-order valence-corrected chi connectivity index (χ1v) is 4.30. The number of carbonyl (C=O) groups excluding carboxylic acids is 1. The Kier molecular flexibility index (Phi) is 1.23. The van der Waals surface area contributed by atoms with Gasteiger partial charge < -0.3 is 5.11 Å². The molecule has 2 saturated carbocycles. The lowest BCUT2D eigenvalue weighted by Gasteiger charge is -2.31. The highest BCUT2D eigenvalue weighted by Gasteiger charge is 2.53. The van der Waals surface area contributed by atoms with Crippen LogP contribution in [0.15, 0.2) is 0 Å². The molecule has 0 spiro atoms. The smallest absolute Gasteiger partial charge is 0.141 e. The highest BCUT2D eigenvalue weighted by atomic mass is 16.3. The molecule has 0 aromatic carbocycles. The van der Waals surface area contributed by atoms with Crippen molar-refractivity contribution in [3.05, 3.63) is 0 Å². The van der Waals surface area contributed by atoms with Gasteiger partial charge in [-0.15, -0.1) is 0 Å². The Morgan fingerprint density at radius 3 is 2.73 bits per heavy atom. The minimum absolute atomic E-state index is 0.174. The van der Waals surface area contributed by atoms with Crippen LogP contribution < -0.4 is 0 Å². The van der Waals surface area contributed by atoms with E-state index < -0.39 is 5.60 Å². The maximum atomic E-state index is 11.4. The van der Waals surface area contributed by atoms with E-state index in [1.807, 2.05) is 6.92 Å². The van der Waals surface area contributed by atoms with Crippen molar-refractivity contribution in [3.8, 4) is 0 Å². The summed E-state index contributed by atoms with van der Waals surface area (Å²) in [6.07, 6.45) is 3.93. The standard InChI is InChI=1S/C9H14O2/c1-8-3-2-4-9(11,6-8)5-7(8)10/h11H,2-6H2,1H3. The van der Waals surface area contributed by atoms with Gasteiger partial charge in [-0.3, -0.25) is 4.79 Å². The molecular formula is C9H14O2. The van der Waals surface area contributed by atoms with Crippen molar-refractivity contribution >= 4 is 5.78 Å². The van der Waals surface area contributed by atoms with Crippen LogP contribution in [0.3, 0.4) is 0 Å². The Morgan fingerprint density at radius 2 is 2.18 bits per heavy atom. The summed E-state index contributed by atoms with van der Waals surface area (Å²) < 4.78 is 0. The predicted octanol–water partition coefficient (Wildman–Crippen LogP) is 1.27. The molecule has 2 fully saturated rings. The monoisotopic (exact) mass is 154 g/mol. The van der Waals surface area contributed by atoms with Gasteiger partial charge in [-0.2, -0.15) is 0 Å². The molecule has 2 unspecified atom stereocenters. The van der Waals surface area contributed by atoms with Crippen molar-refractivity contribution in [2.45, 2.75) is 44.6 Å². The SMILES string of the molecule is CC12CCCC(O)(CC1=O)C2. The quantitative estimate of drug-likeness (QED) is 0.570. The van der Waals surface area contributed by atoms with Crippen LogP contribution in [0.1, 0.15) is 39.0 Å². The van der Waals surface area contributed by atoms with E-state index in [0.717, 1.165) is 19.3 Å². The summed E-state index contributed by atoms with van der Waals surface area (Å²) >= 11 is 0. The van der Waals surface area contributed by atoms with Crippen LogP contribution in [0.25, 0.3) is 0 Å². The Hall–Kier alpha value is -0.370. The summed E-state index contributed by atoms with van der Waals surface area (Å²) in [7, 11) is 0. The van der Waals surface area contributed by atoms with Crippen LogP contribution in [0.4, 0.5) is 0 Å². The van der Waals surface area contributed by atoms with Gasteiger partial charge in [0, 0.05) is 11.8 Å². The number of hydrogen-bond acceptors (Lipinski definition) is 2. The highest BCUT2D eigenvalue weighted by molar-refractivity contribution is 5.88. The van der Waals surface area contributed by atoms with Gasteiger partial charge in [0.15, 0.2) is 0 Å². The van der Waals surface area contributed by atoms with Gasteiger partial charge in [0.05, 0.1) is 5.60 Å². The Balaban J connectivity index is 2.33. The number of rotatable bonds is 0. The minimum atomic E-state index is -0.621. The fraction of sp³-hybridized carbons (Fsp3) is 0.889. The molecule has 0 amide bonds. The van der Waals surface area contributed by atoms with E-state index in [9.17, 15) is 9.90 Å². The summed E-state index contributed by atoms with van der Waals surface area (Å²) in [5.74, 6) is 0.275. The second kappa shape index (κ2) is 1.86. The lowest BCUT2D eigenvalue weighted by molar-refractivity contribution is -0.125. The van der Waals surface area contributed by atoms with Crippen molar-refractivity contribution < 1.29 is 9.90 Å². The molecule has 2 atom stereocenters. The molecule has 2 bridgehead atoms. The summed E-state index contributed by atoms with van der Waals surface area (Å²) in [5.41, 5.74) is -0.795. The maximum absolute atomic E-state index is 11.4. The molecule has 2 heteroatoms. The van der Waals surface area contributed by atoms with Crippen LogP contribution in [0.2, 0.25) is 0 Å². The zero-order chi connectivity index (χ0) is 8.11. The van der Waals surface area contributed by atoms with E-state index in [1.165, 1.54) is 0 Å². The van der Waals surface area contributed by atoms with Gasteiger partial charge >= 0.3 is 0 Å². The molecule has 11 heavy (non-hydrogen) atoms. The molecule has 62 valence electrons. The zero-order valence-corrected chi connectivity index (χ0v) is 6.89. The van der Waals surface area contributed by atoms with E-state index in [1.54, 1.807) is 0 Å². The summed E-state index contributed by atoms with van der Waals surface area (Å²) in [4.78, 5) is 11.4. The van der Waals surface area contributed by atoms with Gasteiger partial charge in [-0.05, 0) is 25.7 Å². The molecule has 2 aliphatic rings. The van der Waals surface area contributed by atoms with Crippen molar-refractivity contribution in [1.29, 1.82) is 0 Å². The van der Waals surface area contributed by atoms with Crippen molar-refractivity contribution in [2.24, 2.45) is 5.41 Å². The lowest BCUT2D eigenvalue weighted by atomic mass is 9.75. The van der Waals surface area contributed by atoms with E-state index in [4.69, 9.17) is 0 Å². The first kappa shape index (κ1) is 7.29. The van der Waals surface area contributed by atoms with E-state index >= 15 is 0 Å². The van der Waals surface area contributed by atoms with Crippen LogP contribution in [-0.4, -0.2) is 16.5 Å². The molecular weight excluding hydrogens is 140 g/mol. The van der Waals surface area contributed by atoms with Gasteiger partial charge in [-0.25, -0.2) is 0 Å². The topological polar surface area (TPSA) is 37.3 Å². The Morgan fingerprint density at radius 1 is 1.45 bits per heavy atom. The average molecular weight is 154 g/mol. The fourth-order valence-electron chi connectivity index (χ4n) is 2.61.